The summed E-state index contributed by atoms with van der Waals surface area (Å²) in [6.45, 7) is 3.33. The normalized spacial score (nSPS) is 16.7. The van der Waals surface area contributed by atoms with E-state index in [0.29, 0.717) is 11.3 Å². The number of nitrogens with two attached hydrogens (primary N) is 1. The molecule has 0 fully saturated rings. The van der Waals surface area contributed by atoms with Crippen LogP contribution < -0.4 is 15.9 Å². The second kappa shape index (κ2) is 7.95. The van der Waals surface area contributed by atoms with Crippen LogP contribution >= 0.6 is 0 Å². The molecule has 1 heterocycles. The van der Waals surface area contributed by atoms with Crippen LogP contribution in [0.3, 0.4) is 0 Å². The molecule has 1 atom stereocenters. The molecule has 0 spiro atoms. The topological polar surface area (TPSA) is 135 Å². The van der Waals surface area contributed by atoms with Crippen LogP contribution in [0.25, 0.3) is 0 Å². The minimum atomic E-state index is -1.73. The molecule has 1 aromatic rings. The molecule has 1 aliphatic heterocycles. The summed E-state index contributed by atoms with van der Waals surface area (Å²) in [5.41, 5.74) is 6.48. The zero-order valence-corrected chi connectivity index (χ0v) is 14.6. The van der Waals surface area contributed by atoms with Crippen LogP contribution in [0, 0.1) is 11.3 Å². The number of ether oxygens (including phenoxy) is 3. The molecule has 26 heavy (non-hydrogen) atoms. The third-order valence-corrected chi connectivity index (χ3v) is 3.96. The first-order chi connectivity index (χ1) is 12.3. The van der Waals surface area contributed by atoms with Crippen LogP contribution in [-0.4, -0.2) is 36.9 Å². The first-order valence-electron chi connectivity index (χ1n) is 7.85. The second-order valence-electron chi connectivity index (χ2n) is 5.49. The van der Waals surface area contributed by atoms with E-state index in [-0.39, 0.29) is 34.9 Å². The molecule has 1 aliphatic rings. The van der Waals surface area contributed by atoms with Crippen molar-refractivity contribution in [3.63, 3.8) is 0 Å². The van der Waals surface area contributed by atoms with Gasteiger partial charge in [0.2, 0.25) is 5.88 Å². The van der Waals surface area contributed by atoms with Gasteiger partial charge in [0, 0.05) is 5.56 Å². The Labute approximate surface area is 151 Å². The van der Waals surface area contributed by atoms with Crippen molar-refractivity contribution in [1.29, 1.82) is 5.26 Å². The summed E-state index contributed by atoms with van der Waals surface area (Å²) < 4.78 is 15.8. The summed E-state index contributed by atoms with van der Waals surface area (Å²) in [5.74, 6) is -1.19. The van der Waals surface area contributed by atoms with Gasteiger partial charge in [-0.25, -0.2) is 4.79 Å². The molecule has 0 saturated carbocycles. The maximum atomic E-state index is 12.5. The highest BCUT2D eigenvalue weighted by molar-refractivity contribution is 6.58. The molecule has 4 N–H and O–H groups in total. The van der Waals surface area contributed by atoms with Crippen molar-refractivity contribution in [2.75, 3.05) is 13.7 Å². The molecule has 8 nitrogen and oxygen atoms in total. The summed E-state index contributed by atoms with van der Waals surface area (Å²) in [6, 6.07) is 6.38. The van der Waals surface area contributed by atoms with E-state index in [1.165, 1.54) is 32.2 Å². The van der Waals surface area contributed by atoms with Gasteiger partial charge in [0.05, 0.1) is 25.2 Å². The van der Waals surface area contributed by atoms with E-state index in [1.807, 2.05) is 6.07 Å². The molecule has 1 aromatic carbocycles. The van der Waals surface area contributed by atoms with Crippen molar-refractivity contribution in [3.8, 4) is 11.8 Å². The number of nitriles is 1. The minimum Gasteiger partial charge on any atom is -0.496 e. The van der Waals surface area contributed by atoms with E-state index < -0.39 is 19.0 Å². The van der Waals surface area contributed by atoms with Crippen molar-refractivity contribution < 1.29 is 29.1 Å². The number of methoxy groups -OCH3 is 1. The fourth-order valence-corrected chi connectivity index (χ4v) is 2.80. The smallest absolute Gasteiger partial charge is 0.488 e. The number of hydrogen-bond acceptors (Lipinski definition) is 8. The third-order valence-electron chi connectivity index (χ3n) is 3.96. The van der Waals surface area contributed by atoms with Gasteiger partial charge in [-0.1, -0.05) is 12.1 Å². The summed E-state index contributed by atoms with van der Waals surface area (Å²) in [5, 5.41) is 28.5. The van der Waals surface area contributed by atoms with Crippen molar-refractivity contribution >= 4 is 18.6 Å². The first kappa shape index (κ1) is 19.4. The molecule has 0 radical (unpaired) electrons. The number of esters is 1. The summed E-state index contributed by atoms with van der Waals surface area (Å²) >= 11 is 0. The predicted molar refractivity (Wildman–Crippen MR) is 92.8 cm³/mol. The number of benzene rings is 1. The van der Waals surface area contributed by atoms with Gasteiger partial charge in [0.25, 0.3) is 0 Å². The maximum absolute atomic E-state index is 12.5. The average Bonchev–Trinajstić information content (AvgIpc) is 2.60. The molecule has 0 saturated heterocycles. The van der Waals surface area contributed by atoms with Gasteiger partial charge in [-0.2, -0.15) is 5.26 Å². The van der Waals surface area contributed by atoms with E-state index in [4.69, 9.17) is 19.9 Å². The zero-order chi connectivity index (χ0) is 19.4. The van der Waals surface area contributed by atoms with Crippen LogP contribution in [0.5, 0.6) is 5.75 Å². The number of carbonyl (C=O) groups is 1. The Bertz CT molecular complexity index is 825. The Balaban J connectivity index is 2.75. The van der Waals surface area contributed by atoms with Gasteiger partial charge in [-0.3, -0.25) is 0 Å². The summed E-state index contributed by atoms with van der Waals surface area (Å²) in [7, 11) is -0.310. The minimum absolute atomic E-state index is 0.00142. The molecule has 0 aliphatic carbocycles. The van der Waals surface area contributed by atoms with Crippen molar-refractivity contribution in [2.45, 2.75) is 19.8 Å². The van der Waals surface area contributed by atoms with Crippen LogP contribution in [0.1, 0.15) is 25.3 Å². The molecule has 0 aromatic heterocycles. The Kier molecular flexibility index (Phi) is 5.92. The summed E-state index contributed by atoms with van der Waals surface area (Å²) in [6.07, 6.45) is 0. The highest BCUT2D eigenvalue weighted by Gasteiger charge is 2.38. The monoisotopic (exact) mass is 358 g/mol. The van der Waals surface area contributed by atoms with E-state index in [9.17, 15) is 20.1 Å². The molecule has 1 unspecified atom stereocenters. The van der Waals surface area contributed by atoms with Crippen LogP contribution in [0.2, 0.25) is 0 Å². The fraction of sp³-hybridized carbons (Fsp3) is 0.294. The van der Waals surface area contributed by atoms with Gasteiger partial charge >= 0.3 is 13.1 Å². The van der Waals surface area contributed by atoms with Crippen LogP contribution in [-0.2, 0) is 14.3 Å². The number of allylic oxidation sites excluding steroid dienone is 2. The van der Waals surface area contributed by atoms with E-state index in [2.05, 4.69) is 0 Å². The van der Waals surface area contributed by atoms with E-state index >= 15 is 0 Å². The molecule has 136 valence electrons. The average molecular weight is 358 g/mol. The standard InChI is InChI=1S/C17H19BN2O6/c1-4-25-17(21)14-9(2)26-16(20)12(8-19)15(14)11-7-10(18(22)23)5-6-13(11)24-3/h5-7,15,22-23H,4,20H2,1-3H3. The molecule has 0 bridgehead atoms. The highest BCUT2D eigenvalue weighted by Crippen LogP contribution is 2.42. The van der Waals surface area contributed by atoms with Gasteiger partial charge < -0.3 is 30.0 Å². The van der Waals surface area contributed by atoms with Crippen molar-refractivity contribution in [3.05, 3.63) is 46.6 Å². The van der Waals surface area contributed by atoms with Gasteiger partial charge in [0.15, 0.2) is 0 Å². The Morgan fingerprint density at radius 2 is 2.15 bits per heavy atom. The molecular weight excluding hydrogens is 339 g/mol. The molecule has 2 rings (SSSR count). The largest absolute Gasteiger partial charge is 0.496 e. The van der Waals surface area contributed by atoms with Crippen LogP contribution in [0.4, 0.5) is 0 Å². The van der Waals surface area contributed by atoms with Gasteiger partial charge in [-0.05, 0) is 25.4 Å². The number of rotatable bonds is 5. The Morgan fingerprint density at radius 3 is 2.69 bits per heavy atom. The Morgan fingerprint density at radius 1 is 1.46 bits per heavy atom. The van der Waals surface area contributed by atoms with Gasteiger partial charge in [-0.15, -0.1) is 0 Å². The zero-order valence-electron chi connectivity index (χ0n) is 14.6. The predicted octanol–water partition coefficient (Wildman–Crippen LogP) is 0.0198. The molecule has 0 amide bonds. The molecular formula is C17H19BN2O6. The van der Waals surface area contributed by atoms with Gasteiger partial charge in [0.1, 0.15) is 23.2 Å². The number of hydrogen-bond donors (Lipinski definition) is 3. The van der Waals surface area contributed by atoms with E-state index in [1.54, 1.807) is 6.92 Å². The van der Waals surface area contributed by atoms with Crippen molar-refractivity contribution in [2.24, 2.45) is 5.73 Å². The number of carbonyl (C=O) groups excluding carboxylic acids is 1. The SMILES string of the molecule is CCOC(=O)C1=C(C)OC(N)=C(C#N)C1c1cc(B(O)O)ccc1OC. The first-order valence-corrected chi connectivity index (χ1v) is 7.85. The number of nitrogens with zero attached hydrogens (tertiary/aromatic N) is 1. The lowest BCUT2D eigenvalue weighted by Crippen LogP contribution is -2.31. The van der Waals surface area contributed by atoms with Crippen LogP contribution in [0.15, 0.2) is 41.0 Å². The highest BCUT2D eigenvalue weighted by atomic mass is 16.5. The fourth-order valence-electron chi connectivity index (χ4n) is 2.80. The van der Waals surface area contributed by atoms with Crippen molar-refractivity contribution in [1.82, 2.24) is 0 Å². The lowest BCUT2D eigenvalue weighted by Gasteiger charge is -2.28. The molecule has 9 heteroatoms. The lowest BCUT2D eigenvalue weighted by atomic mass is 9.75. The quantitative estimate of drug-likeness (QED) is 0.495. The second-order valence-corrected chi connectivity index (χ2v) is 5.49. The maximum Gasteiger partial charge on any atom is 0.488 e. The Hall–Kier alpha value is -2.96. The lowest BCUT2D eigenvalue weighted by molar-refractivity contribution is -0.139. The third kappa shape index (κ3) is 3.52. The van der Waals surface area contributed by atoms with E-state index in [0.717, 1.165) is 0 Å². The summed E-state index contributed by atoms with van der Waals surface area (Å²) in [4.78, 5) is 12.5.